The van der Waals surface area contributed by atoms with Gasteiger partial charge in [0.05, 0.1) is 13.7 Å². The van der Waals surface area contributed by atoms with Gasteiger partial charge in [-0.2, -0.15) is 0 Å². The lowest BCUT2D eigenvalue weighted by molar-refractivity contribution is 0.0769. The summed E-state index contributed by atoms with van der Waals surface area (Å²) in [6, 6.07) is 7.16. The molecule has 0 aliphatic heterocycles. The molecule has 0 fully saturated rings. The first-order valence-corrected chi connectivity index (χ1v) is 7.75. The van der Waals surface area contributed by atoms with Gasteiger partial charge in [-0.3, -0.25) is 4.90 Å². The van der Waals surface area contributed by atoms with Crippen molar-refractivity contribution in [2.75, 3.05) is 27.4 Å². The SMILES string of the molecule is COCCN(C(C)C)C1CCc2cc(OC)ccc2C1N. The van der Waals surface area contributed by atoms with Gasteiger partial charge in [-0.25, -0.2) is 0 Å². The lowest BCUT2D eigenvalue weighted by atomic mass is 9.83. The molecule has 4 heteroatoms. The van der Waals surface area contributed by atoms with E-state index < -0.39 is 0 Å². The highest BCUT2D eigenvalue weighted by Crippen LogP contribution is 2.34. The minimum Gasteiger partial charge on any atom is -0.497 e. The second kappa shape index (κ2) is 7.25. The molecule has 0 amide bonds. The third kappa shape index (κ3) is 3.57. The zero-order valence-electron chi connectivity index (χ0n) is 13.6. The van der Waals surface area contributed by atoms with Crippen LogP contribution < -0.4 is 10.5 Å². The Morgan fingerprint density at radius 1 is 1.33 bits per heavy atom. The maximum atomic E-state index is 6.57. The maximum absolute atomic E-state index is 6.57. The number of fused-ring (bicyclic) bond motifs is 1. The zero-order chi connectivity index (χ0) is 15.4. The summed E-state index contributed by atoms with van der Waals surface area (Å²) in [7, 11) is 3.46. The molecule has 1 aromatic rings. The minimum atomic E-state index is 0.0545. The predicted molar refractivity (Wildman–Crippen MR) is 85.7 cm³/mol. The second-order valence-electron chi connectivity index (χ2n) is 6.02. The zero-order valence-corrected chi connectivity index (χ0v) is 13.6. The lowest BCUT2D eigenvalue weighted by Crippen LogP contribution is -2.49. The molecule has 2 unspecified atom stereocenters. The molecule has 0 radical (unpaired) electrons. The Balaban J connectivity index is 2.20. The fourth-order valence-corrected chi connectivity index (χ4v) is 3.32. The number of rotatable bonds is 6. The Hall–Kier alpha value is -1.10. The van der Waals surface area contributed by atoms with Crippen molar-refractivity contribution < 1.29 is 9.47 Å². The summed E-state index contributed by atoms with van der Waals surface area (Å²) >= 11 is 0. The van der Waals surface area contributed by atoms with Crippen LogP contribution in [0.15, 0.2) is 18.2 Å². The van der Waals surface area contributed by atoms with Gasteiger partial charge in [0.25, 0.3) is 0 Å². The van der Waals surface area contributed by atoms with E-state index in [9.17, 15) is 0 Å². The number of hydrogen-bond acceptors (Lipinski definition) is 4. The highest BCUT2D eigenvalue weighted by Gasteiger charge is 2.32. The molecule has 2 rings (SSSR count). The van der Waals surface area contributed by atoms with E-state index in [-0.39, 0.29) is 6.04 Å². The molecular weight excluding hydrogens is 264 g/mol. The molecule has 0 bridgehead atoms. The molecule has 0 aromatic heterocycles. The van der Waals surface area contributed by atoms with Crippen LogP contribution in [0.5, 0.6) is 5.75 Å². The molecule has 1 aliphatic carbocycles. The molecule has 2 N–H and O–H groups in total. The van der Waals surface area contributed by atoms with Gasteiger partial charge in [0.1, 0.15) is 5.75 Å². The lowest BCUT2D eigenvalue weighted by Gasteiger charge is -2.41. The van der Waals surface area contributed by atoms with Crippen LogP contribution in [0, 0.1) is 0 Å². The highest BCUT2D eigenvalue weighted by atomic mass is 16.5. The van der Waals surface area contributed by atoms with E-state index in [4.69, 9.17) is 15.2 Å². The minimum absolute atomic E-state index is 0.0545. The maximum Gasteiger partial charge on any atom is 0.119 e. The molecule has 118 valence electrons. The summed E-state index contributed by atoms with van der Waals surface area (Å²) in [6.07, 6.45) is 2.14. The van der Waals surface area contributed by atoms with E-state index in [1.54, 1.807) is 14.2 Å². The van der Waals surface area contributed by atoms with Crippen LogP contribution in [0.2, 0.25) is 0 Å². The van der Waals surface area contributed by atoms with Crippen LogP contribution in [0.1, 0.15) is 37.4 Å². The summed E-state index contributed by atoms with van der Waals surface area (Å²) in [5, 5.41) is 0. The predicted octanol–water partition coefficient (Wildman–Crippen LogP) is 2.37. The van der Waals surface area contributed by atoms with Gasteiger partial charge in [0, 0.05) is 31.8 Å². The largest absolute Gasteiger partial charge is 0.497 e. The van der Waals surface area contributed by atoms with Crippen LogP contribution in [-0.2, 0) is 11.2 Å². The highest BCUT2D eigenvalue weighted by molar-refractivity contribution is 5.40. The normalized spacial score (nSPS) is 21.7. The number of ether oxygens (including phenoxy) is 2. The molecule has 1 aromatic carbocycles. The number of nitrogens with two attached hydrogens (primary N) is 1. The first-order chi connectivity index (χ1) is 10.1. The Kier molecular flexibility index (Phi) is 5.62. The molecule has 0 spiro atoms. The van der Waals surface area contributed by atoms with Gasteiger partial charge in [-0.1, -0.05) is 6.07 Å². The van der Waals surface area contributed by atoms with Gasteiger partial charge in [0.15, 0.2) is 0 Å². The topological polar surface area (TPSA) is 47.7 Å². The number of benzene rings is 1. The molecule has 4 nitrogen and oxygen atoms in total. The van der Waals surface area contributed by atoms with Gasteiger partial charge in [-0.05, 0) is 49.9 Å². The summed E-state index contributed by atoms with van der Waals surface area (Å²) < 4.78 is 10.6. The number of nitrogens with zero attached hydrogens (tertiary/aromatic N) is 1. The van der Waals surface area contributed by atoms with Crippen molar-refractivity contribution in [3.8, 4) is 5.75 Å². The van der Waals surface area contributed by atoms with Crippen LogP contribution in [0.3, 0.4) is 0 Å². The fraction of sp³-hybridized carbons (Fsp3) is 0.647. The van der Waals surface area contributed by atoms with E-state index >= 15 is 0 Å². The van der Waals surface area contributed by atoms with Crippen molar-refractivity contribution >= 4 is 0 Å². The Bertz CT molecular complexity index is 462. The molecule has 0 saturated heterocycles. The molecule has 0 saturated carbocycles. The van der Waals surface area contributed by atoms with Crippen LogP contribution in [-0.4, -0.2) is 44.4 Å². The third-order valence-electron chi connectivity index (χ3n) is 4.48. The smallest absolute Gasteiger partial charge is 0.119 e. The molecule has 1 aliphatic rings. The molecular formula is C17H28N2O2. The number of hydrogen-bond donors (Lipinski definition) is 1. The Labute approximate surface area is 128 Å². The van der Waals surface area contributed by atoms with Gasteiger partial charge in [-0.15, -0.1) is 0 Å². The van der Waals surface area contributed by atoms with Crippen molar-refractivity contribution in [2.24, 2.45) is 5.73 Å². The van der Waals surface area contributed by atoms with Gasteiger partial charge in [0.2, 0.25) is 0 Å². The van der Waals surface area contributed by atoms with Crippen molar-refractivity contribution in [2.45, 2.75) is 44.8 Å². The number of methoxy groups -OCH3 is 2. The van der Waals surface area contributed by atoms with Crippen molar-refractivity contribution in [3.05, 3.63) is 29.3 Å². The summed E-state index contributed by atoms with van der Waals surface area (Å²) in [5.74, 6) is 0.916. The van der Waals surface area contributed by atoms with E-state index in [0.29, 0.717) is 12.1 Å². The van der Waals surface area contributed by atoms with Crippen molar-refractivity contribution in [1.29, 1.82) is 0 Å². The Morgan fingerprint density at radius 3 is 2.71 bits per heavy atom. The summed E-state index contributed by atoms with van der Waals surface area (Å²) in [4.78, 5) is 2.47. The first-order valence-electron chi connectivity index (χ1n) is 7.75. The molecule has 0 heterocycles. The van der Waals surface area contributed by atoms with Crippen LogP contribution in [0.25, 0.3) is 0 Å². The van der Waals surface area contributed by atoms with Gasteiger partial charge >= 0.3 is 0 Å². The average molecular weight is 292 g/mol. The van der Waals surface area contributed by atoms with E-state index in [0.717, 1.165) is 31.7 Å². The fourth-order valence-electron chi connectivity index (χ4n) is 3.32. The Morgan fingerprint density at radius 2 is 2.10 bits per heavy atom. The van der Waals surface area contributed by atoms with Crippen molar-refractivity contribution in [3.63, 3.8) is 0 Å². The molecule has 2 atom stereocenters. The summed E-state index contributed by atoms with van der Waals surface area (Å²) in [6.45, 7) is 6.13. The first kappa shape index (κ1) is 16.3. The third-order valence-corrected chi connectivity index (χ3v) is 4.48. The molecule has 21 heavy (non-hydrogen) atoms. The van der Waals surface area contributed by atoms with Crippen molar-refractivity contribution in [1.82, 2.24) is 4.90 Å². The second-order valence-corrected chi connectivity index (χ2v) is 6.02. The monoisotopic (exact) mass is 292 g/mol. The standard InChI is InChI=1S/C17H28N2O2/c1-12(2)19(9-10-20-3)16-8-5-13-11-14(21-4)6-7-15(13)17(16)18/h6-7,11-12,16-17H,5,8-10,18H2,1-4H3. The van der Waals surface area contributed by atoms with Gasteiger partial charge < -0.3 is 15.2 Å². The quantitative estimate of drug-likeness (QED) is 0.874. The van der Waals surface area contributed by atoms with E-state index in [1.165, 1.54) is 11.1 Å². The summed E-state index contributed by atoms with van der Waals surface area (Å²) in [5.41, 5.74) is 9.16. The van der Waals surface area contributed by atoms with Crippen LogP contribution >= 0.6 is 0 Å². The van der Waals surface area contributed by atoms with E-state index in [1.807, 2.05) is 6.07 Å². The average Bonchev–Trinajstić information content (AvgIpc) is 2.49. The van der Waals surface area contributed by atoms with Crippen LogP contribution in [0.4, 0.5) is 0 Å². The van der Waals surface area contributed by atoms with E-state index in [2.05, 4.69) is 30.9 Å². The number of aryl methyl sites for hydroxylation is 1.